The molecule has 156 valence electrons. The maximum atomic E-state index is 13.2. The number of pyridine rings is 1. The summed E-state index contributed by atoms with van der Waals surface area (Å²) in [6.07, 6.45) is -0.546. The van der Waals surface area contributed by atoms with Gasteiger partial charge >= 0.3 is 6.18 Å². The van der Waals surface area contributed by atoms with Gasteiger partial charge in [0.15, 0.2) is 0 Å². The van der Waals surface area contributed by atoms with E-state index in [1.54, 1.807) is 11.5 Å². The molecule has 0 spiro atoms. The maximum absolute atomic E-state index is 13.2. The Labute approximate surface area is 171 Å². The number of aryl methyl sites for hydroxylation is 2. The van der Waals surface area contributed by atoms with Crippen molar-refractivity contribution in [1.82, 2.24) is 9.88 Å². The summed E-state index contributed by atoms with van der Waals surface area (Å²) in [5.74, 6) is -0.566. The minimum atomic E-state index is -4.57. The van der Waals surface area contributed by atoms with E-state index < -0.39 is 23.1 Å². The quantitative estimate of drug-likeness (QED) is 0.666. The van der Waals surface area contributed by atoms with Gasteiger partial charge in [0.25, 0.3) is 5.91 Å². The summed E-state index contributed by atoms with van der Waals surface area (Å²) in [6, 6.07) is 10.7. The summed E-state index contributed by atoms with van der Waals surface area (Å²) in [5, 5.41) is 2.81. The molecule has 0 saturated carbocycles. The molecule has 0 radical (unpaired) electrons. The van der Waals surface area contributed by atoms with Gasteiger partial charge in [-0.05, 0) is 55.5 Å². The number of carbonyl (C=O) groups excluding carboxylic acids is 1. The van der Waals surface area contributed by atoms with Gasteiger partial charge in [-0.2, -0.15) is 13.2 Å². The molecule has 0 saturated heterocycles. The zero-order valence-corrected chi connectivity index (χ0v) is 16.4. The van der Waals surface area contributed by atoms with Gasteiger partial charge in [-0.1, -0.05) is 24.3 Å². The number of halogens is 3. The average Bonchev–Trinajstić information content (AvgIpc) is 2.73. The number of rotatable bonds is 3. The van der Waals surface area contributed by atoms with Gasteiger partial charge < -0.3 is 9.88 Å². The summed E-state index contributed by atoms with van der Waals surface area (Å²) in [7, 11) is 0. The Balaban J connectivity index is 1.76. The van der Waals surface area contributed by atoms with Crippen LogP contribution in [0.15, 0.2) is 53.5 Å². The van der Waals surface area contributed by atoms with Crippen LogP contribution in [0.4, 0.5) is 13.2 Å². The van der Waals surface area contributed by atoms with Crippen LogP contribution in [0, 0.1) is 0 Å². The normalized spacial score (nSPS) is 16.3. The second-order valence-electron chi connectivity index (χ2n) is 7.50. The van der Waals surface area contributed by atoms with Crippen LogP contribution in [0.25, 0.3) is 10.9 Å². The van der Waals surface area contributed by atoms with Crippen molar-refractivity contribution in [2.75, 3.05) is 0 Å². The van der Waals surface area contributed by atoms with E-state index in [4.69, 9.17) is 0 Å². The number of alkyl halides is 3. The molecule has 3 aromatic rings. The van der Waals surface area contributed by atoms with Gasteiger partial charge in [0.1, 0.15) is 5.56 Å². The molecule has 0 aliphatic heterocycles. The number of hydrogen-bond donors (Lipinski definition) is 1. The van der Waals surface area contributed by atoms with Crippen molar-refractivity contribution in [3.05, 3.63) is 81.1 Å². The fraction of sp³-hybridized carbons (Fsp3) is 0.304. The van der Waals surface area contributed by atoms with Crippen molar-refractivity contribution >= 4 is 16.8 Å². The topological polar surface area (TPSA) is 51.1 Å². The van der Waals surface area contributed by atoms with Crippen molar-refractivity contribution in [3.63, 3.8) is 0 Å². The molecule has 0 unspecified atom stereocenters. The van der Waals surface area contributed by atoms with E-state index in [9.17, 15) is 22.8 Å². The van der Waals surface area contributed by atoms with Crippen LogP contribution in [0.5, 0.6) is 0 Å². The number of fused-ring (bicyclic) bond motifs is 2. The van der Waals surface area contributed by atoms with Crippen molar-refractivity contribution in [3.8, 4) is 0 Å². The van der Waals surface area contributed by atoms with E-state index in [-0.39, 0.29) is 17.0 Å². The summed E-state index contributed by atoms with van der Waals surface area (Å²) < 4.78 is 41.1. The zero-order valence-electron chi connectivity index (χ0n) is 16.4. The summed E-state index contributed by atoms with van der Waals surface area (Å²) in [4.78, 5) is 26.0. The molecule has 1 aliphatic carbocycles. The molecule has 1 amide bonds. The van der Waals surface area contributed by atoms with Gasteiger partial charge in [0.2, 0.25) is 5.43 Å². The van der Waals surface area contributed by atoms with E-state index in [0.717, 1.165) is 42.5 Å². The molecule has 1 N–H and O–H groups in total. The molecule has 7 heteroatoms. The molecular formula is C23H21F3N2O2. The monoisotopic (exact) mass is 414 g/mol. The van der Waals surface area contributed by atoms with E-state index in [1.165, 1.54) is 12.3 Å². The number of carbonyl (C=O) groups is 1. The van der Waals surface area contributed by atoms with Crippen LogP contribution < -0.4 is 10.7 Å². The van der Waals surface area contributed by atoms with Crippen LogP contribution in [0.1, 0.15) is 52.9 Å². The second kappa shape index (κ2) is 7.63. The van der Waals surface area contributed by atoms with Gasteiger partial charge in [-0.15, -0.1) is 0 Å². The smallest absolute Gasteiger partial charge is 0.347 e. The first kappa shape index (κ1) is 20.2. The lowest BCUT2D eigenvalue weighted by molar-refractivity contribution is -0.137. The number of hydrogen-bond acceptors (Lipinski definition) is 2. The van der Waals surface area contributed by atoms with Crippen LogP contribution >= 0.6 is 0 Å². The molecule has 0 fully saturated rings. The third kappa shape index (κ3) is 3.60. The predicted octanol–water partition coefficient (Wildman–Crippen LogP) is 4.85. The van der Waals surface area contributed by atoms with Crippen molar-refractivity contribution < 1.29 is 18.0 Å². The second-order valence-corrected chi connectivity index (χ2v) is 7.50. The van der Waals surface area contributed by atoms with Crippen LogP contribution in [0.3, 0.4) is 0 Å². The number of benzene rings is 2. The van der Waals surface area contributed by atoms with E-state index >= 15 is 0 Å². The van der Waals surface area contributed by atoms with Crippen LogP contribution in [-0.4, -0.2) is 10.5 Å². The van der Waals surface area contributed by atoms with E-state index in [2.05, 4.69) is 5.32 Å². The standard InChI is InChI=1S/C23H21F3N2O2/c1-2-28-13-18(21(29)17-12-15(23(24,25)26)10-11-20(17)28)22(30)27-19-9-5-7-14-6-3-4-8-16(14)19/h3-4,6,8,10-13,19H,2,5,7,9H2,1H3,(H,27,30)/t19-/m0/s1. The summed E-state index contributed by atoms with van der Waals surface area (Å²) >= 11 is 0. The fourth-order valence-electron chi connectivity index (χ4n) is 4.14. The van der Waals surface area contributed by atoms with Gasteiger partial charge in [0.05, 0.1) is 17.1 Å². The van der Waals surface area contributed by atoms with Gasteiger partial charge in [-0.3, -0.25) is 9.59 Å². The Bertz CT molecular complexity index is 1180. The molecule has 4 nitrogen and oxygen atoms in total. The predicted molar refractivity (Wildman–Crippen MR) is 108 cm³/mol. The Morgan fingerprint density at radius 3 is 2.70 bits per heavy atom. The third-order valence-corrected chi connectivity index (χ3v) is 5.67. The Morgan fingerprint density at radius 1 is 1.20 bits per heavy atom. The minimum absolute atomic E-state index is 0.108. The average molecular weight is 414 g/mol. The Hall–Kier alpha value is -3.09. The van der Waals surface area contributed by atoms with Crippen LogP contribution in [-0.2, 0) is 19.1 Å². The van der Waals surface area contributed by atoms with Gasteiger partial charge in [0, 0.05) is 18.1 Å². The summed E-state index contributed by atoms with van der Waals surface area (Å²) in [5.41, 5.74) is 0.805. The maximum Gasteiger partial charge on any atom is 0.416 e. The first-order valence-electron chi connectivity index (χ1n) is 9.92. The Kier molecular flexibility index (Phi) is 5.13. The minimum Gasteiger partial charge on any atom is -0.347 e. The largest absolute Gasteiger partial charge is 0.416 e. The van der Waals surface area contributed by atoms with Crippen molar-refractivity contribution in [2.24, 2.45) is 0 Å². The molecular weight excluding hydrogens is 393 g/mol. The van der Waals surface area contributed by atoms with Crippen LogP contribution in [0.2, 0.25) is 0 Å². The molecule has 1 heterocycles. The lowest BCUT2D eigenvalue weighted by Gasteiger charge is -2.26. The third-order valence-electron chi connectivity index (χ3n) is 5.67. The number of amides is 1. The molecule has 1 aliphatic rings. The number of nitrogens with one attached hydrogen (secondary N) is 1. The highest BCUT2D eigenvalue weighted by Crippen LogP contribution is 2.31. The van der Waals surface area contributed by atoms with Gasteiger partial charge in [-0.25, -0.2) is 0 Å². The highest BCUT2D eigenvalue weighted by Gasteiger charge is 2.31. The number of aromatic nitrogens is 1. The Morgan fingerprint density at radius 2 is 1.97 bits per heavy atom. The first-order valence-corrected chi connectivity index (χ1v) is 9.92. The lowest BCUT2D eigenvalue weighted by atomic mass is 9.87. The summed E-state index contributed by atoms with van der Waals surface area (Å²) in [6.45, 7) is 2.22. The van der Waals surface area contributed by atoms with E-state index in [0.29, 0.717) is 12.1 Å². The van der Waals surface area contributed by atoms with Crippen molar-refractivity contribution in [2.45, 2.75) is 44.9 Å². The molecule has 1 aromatic heterocycles. The molecule has 4 rings (SSSR count). The molecule has 30 heavy (non-hydrogen) atoms. The SMILES string of the molecule is CCn1cc(C(=O)N[C@H]2CCCc3ccccc32)c(=O)c2cc(C(F)(F)F)ccc21. The first-order chi connectivity index (χ1) is 14.3. The molecule has 0 bridgehead atoms. The highest BCUT2D eigenvalue weighted by atomic mass is 19.4. The number of nitrogens with zero attached hydrogens (tertiary/aromatic N) is 1. The molecule has 2 aromatic carbocycles. The zero-order chi connectivity index (χ0) is 21.5. The van der Waals surface area contributed by atoms with E-state index in [1.807, 2.05) is 24.3 Å². The van der Waals surface area contributed by atoms with Crippen molar-refractivity contribution in [1.29, 1.82) is 0 Å². The molecule has 1 atom stereocenters. The highest BCUT2D eigenvalue weighted by molar-refractivity contribution is 5.97. The fourth-order valence-corrected chi connectivity index (χ4v) is 4.14. The lowest BCUT2D eigenvalue weighted by Crippen LogP contribution is -2.34.